The van der Waals surface area contributed by atoms with Crippen LogP contribution in [0.15, 0.2) is 229 Å². The number of furan rings is 1. The average molecular weight is 740 g/mol. The van der Waals surface area contributed by atoms with Crippen LogP contribution in [0.1, 0.15) is 0 Å². The molecular weight excluding hydrogens is 703 g/mol. The minimum atomic E-state index is 0.902. The van der Waals surface area contributed by atoms with Gasteiger partial charge >= 0.3 is 0 Å². The molecule has 0 saturated heterocycles. The summed E-state index contributed by atoms with van der Waals surface area (Å²) in [5.41, 5.74) is 14.3. The molecule has 272 valence electrons. The molecule has 11 rings (SSSR count). The predicted octanol–water partition coefficient (Wildman–Crippen LogP) is 16.0. The van der Waals surface area contributed by atoms with Crippen molar-refractivity contribution in [2.75, 3.05) is 4.90 Å². The Hall–Kier alpha value is -7.68. The van der Waals surface area contributed by atoms with E-state index in [1.165, 1.54) is 38.2 Å². The second kappa shape index (κ2) is 14.1. The third-order valence-electron chi connectivity index (χ3n) is 11.5. The molecule has 0 aliphatic rings. The highest BCUT2D eigenvalue weighted by Crippen LogP contribution is 2.45. The summed E-state index contributed by atoms with van der Waals surface area (Å²) in [6.45, 7) is 0. The van der Waals surface area contributed by atoms with Gasteiger partial charge in [-0.3, -0.25) is 0 Å². The van der Waals surface area contributed by atoms with Gasteiger partial charge in [0.15, 0.2) is 0 Å². The van der Waals surface area contributed by atoms with Crippen molar-refractivity contribution in [3.63, 3.8) is 0 Å². The van der Waals surface area contributed by atoms with Crippen LogP contribution in [0.3, 0.4) is 0 Å². The largest absolute Gasteiger partial charge is 0.455 e. The Kier molecular flexibility index (Phi) is 8.19. The Morgan fingerprint density at radius 3 is 1.60 bits per heavy atom. The van der Waals surface area contributed by atoms with Crippen molar-refractivity contribution in [3.05, 3.63) is 224 Å². The van der Waals surface area contributed by atoms with E-state index in [0.29, 0.717) is 0 Å². The van der Waals surface area contributed by atoms with Gasteiger partial charge in [0, 0.05) is 33.3 Å². The standard InChI is InChI=1S/C56H37NO/c1-3-13-38(14-4-1)39-25-31-44(32-26-39)57(45-33-27-42(28-34-45)49-21-12-23-53-52-19-9-10-24-55(52)58-56(49)53)54-37-43(30-35-48(54)40-15-5-2-6-16-40)47-20-11-22-50-46-18-8-7-17-41(46)29-36-51(47)50/h1-37H. The first-order chi connectivity index (χ1) is 28.8. The molecule has 2 nitrogen and oxygen atoms in total. The van der Waals surface area contributed by atoms with Crippen molar-refractivity contribution in [3.8, 4) is 44.5 Å². The zero-order valence-electron chi connectivity index (χ0n) is 31.7. The minimum absolute atomic E-state index is 0.902. The van der Waals surface area contributed by atoms with Crippen molar-refractivity contribution >= 4 is 60.5 Å². The van der Waals surface area contributed by atoms with Crippen LogP contribution in [0.2, 0.25) is 0 Å². The third-order valence-corrected chi connectivity index (χ3v) is 11.5. The first kappa shape index (κ1) is 33.6. The highest BCUT2D eigenvalue weighted by Gasteiger charge is 2.20. The van der Waals surface area contributed by atoms with Gasteiger partial charge in [0.2, 0.25) is 0 Å². The molecule has 0 atom stereocenters. The SMILES string of the molecule is c1ccc(-c2ccc(N(c3ccc(-c4cccc5c4oc4ccccc45)cc3)c3cc(-c4cccc5c4ccc4ccccc45)ccc3-c3ccccc3)cc2)cc1. The molecular formula is C56H37NO. The first-order valence-corrected chi connectivity index (χ1v) is 19.8. The Labute approximate surface area is 337 Å². The third kappa shape index (κ3) is 5.82. The molecule has 0 aliphatic carbocycles. The van der Waals surface area contributed by atoms with E-state index in [1.54, 1.807) is 0 Å². The molecule has 0 saturated carbocycles. The van der Waals surface area contributed by atoms with E-state index in [1.807, 2.05) is 12.1 Å². The highest BCUT2D eigenvalue weighted by molar-refractivity contribution is 6.13. The fraction of sp³-hybridized carbons (Fsp3) is 0. The smallest absolute Gasteiger partial charge is 0.143 e. The molecule has 0 fully saturated rings. The topological polar surface area (TPSA) is 16.4 Å². The fourth-order valence-electron chi connectivity index (χ4n) is 8.66. The molecule has 58 heavy (non-hydrogen) atoms. The van der Waals surface area contributed by atoms with E-state index in [2.05, 4.69) is 217 Å². The number of para-hydroxylation sites is 2. The van der Waals surface area contributed by atoms with Crippen LogP contribution >= 0.6 is 0 Å². The Morgan fingerprint density at radius 1 is 0.293 bits per heavy atom. The second-order valence-electron chi connectivity index (χ2n) is 14.9. The zero-order valence-corrected chi connectivity index (χ0v) is 31.7. The summed E-state index contributed by atoms with van der Waals surface area (Å²) in [7, 11) is 0. The first-order valence-electron chi connectivity index (χ1n) is 19.8. The predicted molar refractivity (Wildman–Crippen MR) is 245 cm³/mol. The molecule has 1 aromatic heterocycles. The van der Waals surface area contributed by atoms with Crippen LogP contribution in [0.25, 0.3) is 88.0 Å². The molecule has 0 aliphatic heterocycles. The molecule has 1 heterocycles. The number of fused-ring (bicyclic) bond motifs is 6. The number of benzene rings is 10. The summed E-state index contributed by atoms with van der Waals surface area (Å²) in [5, 5.41) is 7.27. The summed E-state index contributed by atoms with van der Waals surface area (Å²) in [4.78, 5) is 2.41. The zero-order chi connectivity index (χ0) is 38.4. The number of hydrogen-bond donors (Lipinski definition) is 0. The van der Waals surface area contributed by atoms with Crippen LogP contribution in [-0.4, -0.2) is 0 Å². The Balaban J connectivity index is 1.11. The molecule has 11 aromatic rings. The van der Waals surface area contributed by atoms with Crippen molar-refractivity contribution in [2.45, 2.75) is 0 Å². The highest BCUT2D eigenvalue weighted by atomic mass is 16.3. The fourth-order valence-corrected chi connectivity index (χ4v) is 8.66. The van der Waals surface area contributed by atoms with Crippen LogP contribution in [0.4, 0.5) is 17.1 Å². The van der Waals surface area contributed by atoms with Gasteiger partial charge in [-0.2, -0.15) is 0 Å². The quantitative estimate of drug-likeness (QED) is 0.151. The number of anilines is 3. The normalized spacial score (nSPS) is 11.4. The van der Waals surface area contributed by atoms with Gasteiger partial charge in [0.25, 0.3) is 0 Å². The molecule has 0 amide bonds. The molecule has 0 N–H and O–H groups in total. The van der Waals surface area contributed by atoms with E-state index in [-0.39, 0.29) is 0 Å². The minimum Gasteiger partial charge on any atom is -0.455 e. The average Bonchev–Trinajstić information content (AvgIpc) is 3.69. The van der Waals surface area contributed by atoms with Crippen molar-refractivity contribution in [2.24, 2.45) is 0 Å². The van der Waals surface area contributed by atoms with E-state index in [0.717, 1.165) is 66.8 Å². The lowest BCUT2D eigenvalue weighted by molar-refractivity contribution is 0.670. The number of nitrogens with zero attached hydrogens (tertiary/aromatic N) is 1. The summed E-state index contributed by atoms with van der Waals surface area (Å²) in [6.07, 6.45) is 0. The van der Waals surface area contributed by atoms with E-state index < -0.39 is 0 Å². The molecule has 0 spiro atoms. The maximum Gasteiger partial charge on any atom is 0.143 e. The van der Waals surface area contributed by atoms with Crippen LogP contribution in [0.5, 0.6) is 0 Å². The Bertz CT molecular complexity index is 3250. The maximum absolute atomic E-state index is 6.47. The van der Waals surface area contributed by atoms with E-state index in [9.17, 15) is 0 Å². The Morgan fingerprint density at radius 2 is 0.845 bits per heavy atom. The van der Waals surface area contributed by atoms with Gasteiger partial charge in [-0.25, -0.2) is 0 Å². The lowest BCUT2D eigenvalue weighted by atomic mass is 9.92. The van der Waals surface area contributed by atoms with Crippen molar-refractivity contribution in [1.82, 2.24) is 0 Å². The molecule has 10 aromatic carbocycles. The van der Waals surface area contributed by atoms with E-state index >= 15 is 0 Å². The van der Waals surface area contributed by atoms with Gasteiger partial charge in [-0.15, -0.1) is 0 Å². The summed E-state index contributed by atoms with van der Waals surface area (Å²) in [6, 6.07) is 80.7. The lowest BCUT2D eigenvalue weighted by Gasteiger charge is -2.29. The van der Waals surface area contributed by atoms with Crippen LogP contribution in [0, 0.1) is 0 Å². The van der Waals surface area contributed by atoms with Crippen molar-refractivity contribution < 1.29 is 4.42 Å². The van der Waals surface area contributed by atoms with E-state index in [4.69, 9.17) is 4.42 Å². The van der Waals surface area contributed by atoms with Crippen LogP contribution in [-0.2, 0) is 0 Å². The molecule has 2 heteroatoms. The number of hydrogen-bond acceptors (Lipinski definition) is 2. The van der Waals surface area contributed by atoms with Gasteiger partial charge in [0.1, 0.15) is 11.2 Å². The second-order valence-corrected chi connectivity index (χ2v) is 14.9. The number of rotatable bonds is 7. The van der Waals surface area contributed by atoms with Crippen LogP contribution < -0.4 is 4.90 Å². The van der Waals surface area contributed by atoms with Gasteiger partial charge in [0.05, 0.1) is 5.69 Å². The molecule has 0 unspecified atom stereocenters. The van der Waals surface area contributed by atoms with Gasteiger partial charge < -0.3 is 9.32 Å². The van der Waals surface area contributed by atoms with Gasteiger partial charge in [-0.05, 0) is 91.3 Å². The maximum atomic E-state index is 6.47. The lowest BCUT2D eigenvalue weighted by Crippen LogP contribution is -2.11. The molecule has 0 bridgehead atoms. The summed E-state index contributed by atoms with van der Waals surface area (Å²) < 4.78 is 6.47. The molecule has 0 radical (unpaired) electrons. The summed E-state index contributed by atoms with van der Waals surface area (Å²) in [5.74, 6) is 0. The van der Waals surface area contributed by atoms with Gasteiger partial charge in [-0.1, -0.05) is 188 Å². The summed E-state index contributed by atoms with van der Waals surface area (Å²) >= 11 is 0. The van der Waals surface area contributed by atoms with Crippen molar-refractivity contribution in [1.29, 1.82) is 0 Å². The monoisotopic (exact) mass is 739 g/mol.